The number of carbonyl (C=O) groups is 1. The summed E-state index contributed by atoms with van der Waals surface area (Å²) in [7, 11) is -3.48. The van der Waals surface area contributed by atoms with Gasteiger partial charge in [0.25, 0.3) is 0 Å². The molecule has 25 heavy (non-hydrogen) atoms. The van der Waals surface area contributed by atoms with Crippen molar-refractivity contribution in [1.82, 2.24) is 4.31 Å². The molecular weight excluding hydrogens is 336 g/mol. The van der Waals surface area contributed by atoms with Crippen LogP contribution in [0.4, 0.5) is 5.69 Å². The van der Waals surface area contributed by atoms with Crippen molar-refractivity contribution in [2.45, 2.75) is 63.2 Å². The van der Waals surface area contributed by atoms with Crippen LogP contribution in [0, 0.1) is 12.8 Å². The molecule has 0 radical (unpaired) electrons. The van der Waals surface area contributed by atoms with E-state index in [1.807, 2.05) is 6.92 Å². The molecule has 0 bridgehead atoms. The second kappa shape index (κ2) is 7.87. The predicted molar refractivity (Wildman–Crippen MR) is 99.0 cm³/mol. The molecule has 2 fully saturated rings. The minimum atomic E-state index is -3.48. The predicted octanol–water partition coefficient (Wildman–Crippen LogP) is 3.69. The molecule has 1 N–H and O–H groups in total. The summed E-state index contributed by atoms with van der Waals surface area (Å²) in [6, 6.07) is 5.06. The molecule has 0 aromatic heterocycles. The van der Waals surface area contributed by atoms with Gasteiger partial charge in [-0.15, -0.1) is 0 Å². The lowest BCUT2D eigenvalue weighted by molar-refractivity contribution is -0.120. The van der Waals surface area contributed by atoms with Crippen LogP contribution in [-0.2, 0) is 14.8 Å². The Morgan fingerprint density at radius 2 is 1.68 bits per heavy atom. The largest absolute Gasteiger partial charge is 0.326 e. The zero-order valence-corrected chi connectivity index (χ0v) is 15.8. The highest BCUT2D eigenvalue weighted by molar-refractivity contribution is 7.89. The number of anilines is 1. The van der Waals surface area contributed by atoms with E-state index >= 15 is 0 Å². The van der Waals surface area contributed by atoms with Gasteiger partial charge in [-0.2, -0.15) is 4.31 Å². The van der Waals surface area contributed by atoms with Crippen molar-refractivity contribution in [2.75, 3.05) is 18.4 Å². The van der Waals surface area contributed by atoms with E-state index in [1.165, 1.54) is 6.42 Å². The number of hydrogen-bond donors (Lipinski definition) is 1. The van der Waals surface area contributed by atoms with Crippen molar-refractivity contribution < 1.29 is 13.2 Å². The number of amides is 1. The number of sulfonamides is 1. The third-order valence-corrected chi connectivity index (χ3v) is 7.29. The Morgan fingerprint density at radius 1 is 1.04 bits per heavy atom. The van der Waals surface area contributed by atoms with Gasteiger partial charge >= 0.3 is 0 Å². The van der Waals surface area contributed by atoms with E-state index in [0.29, 0.717) is 18.8 Å². The first-order valence-electron chi connectivity index (χ1n) is 9.40. The Bertz CT molecular complexity index is 718. The molecule has 5 nitrogen and oxygen atoms in total. The van der Waals surface area contributed by atoms with Crippen LogP contribution in [0.25, 0.3) is 0 Å². The van der Waals surface area contributed by atoms with Gasteiger partial charge in [-0.05, 0) is 50.3 Å². The van der Waals surface area contributed by atoms with E-state index in [-0.39, 0.29) is 16.7 Å². The van der Waals surface area contributed by atoms with Crippen molar-refractivity contribution in [3.8, 4) is 0 Å². The van der Waals surface area contributed by atoms with Crippen LogP contribution in [0.15, 0.2) is 23.1 Å². The molecule has 1 saturated carbocycles. The second-order valence-corrected chi connectivity index (χ2v) is 9.20. The van der Waals surface area contributed by atoms with Gasteiger partial charge in [0.1, 0.15) is 0 Å². The maximum absolute atomic E-state index is 12.9. The van der Waals surface area contributed by atoms with Gasteiger partial charge in [0.2, 0.25) is 15.9 Å². The number of benzene rings is 1. The fraction of sp³-hybridized carbons (Fsp3) is 0.632. The topological polar surface area (TPSA) is 66.5 Å². The zero-order valence-electron chi connectivity index (χ0n) is 15.0. The van der Waals surface area contributed by atoms with Crippen LogP contribution >= 0.6 is 0 Å². The lowest BCUT2D eigenvalue weighted by Crippen LogP contribution is -2.35. The summed E-state index contributed by atoms with van der Waals surface area (Å²) in [6.45, 7) is 3.06. The SMILES string of the molecule is Cc1ccc(S(=O)(=O)N2CCCCC2)cc1NC(=O)C1CCCCC1. The third-order valence-electron chi connectivity index (χ3n) is 5.40. The summed E-state index contributed by atoms with van der Waals surface area (Å²) in [4.78, 5) is 12.8. The number of nitrogens with zero attached hydrogens (tertiary/aromatic N) is 1. The minimum Gasteiger partial charge on any atom is -0.326 e. The molecule has 1 aromatic carbocycles. The van der Waals surface area contributed by atoms with E-state index in [9.17, 15) is 13.2 Å². The Balaban J connectivity index is 1.79. The first-order chi connectivity index (χ1) is 12.0. The number of piperidine rings is 1. The van der Waals surface area contributed by atoms with Gasteiger partial charge in [-0.1, -0.05) is 31.7 Å². The smallest absolute Gasteiger partial charge is 0.243 e. The van der Waals surface area contributed by atoms with Gasteiger partial charge in [0.15, 0.2) is 0 Å². The Morgan fingerprint density at radius 3 is 2.36 bits per heavy atom. The molecule has 138 valence electrons. The Labute approximate surface area is 150 Å². The molecule has 2 aliphatic rings. The Kier molecular flexibility index (Phi) is 5.79. The van der Waals surface area contributed by atoms with E-state index < -0.39 is 10.0 Å². The van der Waals surface area contributed by atoms with Gasteiger partial charge < -0.3 is 5.32 Å². The van der Waals surface area contributed by atoms with Gasteiger partial charge in [-0.25, -0.2) is 8.42 Å². The number of rotatable bonds is 4. The lowest BCUT2D eigenvalue weighted by Gasteiger charge is -2.26. The number of aryl methyl sites for hydroxylation is 1. The molecule has 3 rings (SSSR count). The summed E-state index contributed by atoms with van der Waals surface area (Å²) >= 11 is 0. The summed E-state index contributed by atoms with van der Waals surface area (Å²) in [5, 5.41) is 2.97. The highest BCUT2D eigenvalue weighted by Crippen LogP contribution is 2.28. The van der Waals surface area contributed by atoms with E-state index in [2.05, 4.69) is 5.32 Å². The second-order valence-electron chi connectivity index (χ2n) is 7.27. The standard InChI is InChI=1S/C19H28N2O3S/c1-15-10-11-17(25(23,24)21-12-6-3-7-13-21)14-18(15)20-19(22)16-8-4-2-5-9-16/h10-11,14,16H,2-9,12-13H2,1H3,(H,20,22). The average Bonchev–Trinajstić information content (AvgIpc) is 2.64. The van der Waals surface area contributed by atoms with Gasteiger partial charge in [-0.3, -0.25) is 4.79 Å². The minimum absolute atomic E-state index is 0.0234. The normalized spacial score (nSPS) is 20.4. The van der Waals surface area contributed by atoms with Crippen LogP contribution < -0.4 is 5.32 Å². The molecule has 1 aliphatic carbocycles. The molecule has 1 saturated heterocycles. The van der Waals surface area contributed by atoms with Crippen LogP contribution in [0.5, 0.6) is 0 Å². The summed E-state index contributed by atoms with van der Waals surface area (Å²) in [5.74, 6) is 0.0748. The van der Waals surface area contributed by atoms with E-state index in [0.717, 1.165) is 50.5 Å². The van der Waals surface area contributed by atoms with Crippen LogP contribution in [0.3, 0.4) is 0 Å². The van der Waals surface area contributed by atoms with Crippen molar-refractivity contribution in [3.05, 3.63) is 23.8 Å². The molecule has 1 heterocycles. The molecule has 6 heteroatoms. The summed E-state index contributed by atoms with van der Waals surface area (Å²) in [5.41, 5.74) is 1.51. The zero-order chi connectivity index (χ0) is 17.9. The molecule has 0 spiro atoms. The highest BCUT2D eigenvalue weighted by atomic mass is 32.2. The molecule has 1 amide bonds. The molecule has 0 atom stereocenters. The number of carbonyl (C=O) groups excluding carboxylic acids is 1. The maximum Gasteiger partial charge on any atom is 0.243 e. The van der Waals surface area contributed by atoms with Crippen molar-refractivity contribution in [3.63, 3.8) is 0 Å². The van der Waals surface area contributed by atoms with E-state index in [4.69, 9.17) is 0 Å². The molecule has 1 aliphatic heterocycles. The van der Waals surface area contributed by atoms with Gasteiger partial charge in [0.05, 0.1) is 4.90 Å². The van der Waals surface area contributed by atoms with Crippen LogP contribution in [0.2, 0.25) is 0 Å². The number of nitrogens with one attached hydrogen (secondary N) is 1. The van der Waals surface area contributed by atoms with Gasteiger partial charge in [0, 0.05) is 24.7 Å². The highest BCUT2D eigenvalue weighted by Gasteiger charge is 2.27. The first kappa shape index (κ1) is 18.4. The maximum atomic E-state index is 12.9. The molecule has 1 aromatic rings. The van der Waals surface area contributed by atoms with Crippen molar-refractivity contribution in [2.24, 2.45) is 5.92 Å². The third kappa shape index (κ3) is 4.23. The first-order valence-corrected chi connectivity index (χ1v) is 10.8. The quantitative estimate of drug-likeness (QED) is 0.886. The van der Waals surface area contributed by atoms with Crippen LogP contribution in [-0.4, -0.2) is 31.7 Å². The monoisotopic (exact) mass is 364 g/mol. The Hall–Kier alpha value is -1.40. The fourth-order valence-corrected chi connectivity index (χ4v) is 5.29. The molecular formula is C19H28N2O3S. The average molecular weight is 365 g/mol. The number of hydrogen-bond acceptors (Lipinski definition) is 3. The lowest BCUT2D eigenvalue weighted by atomic mass is 9.88. The van der Waals surface area contributed by atoms with Crippen molar-refractivity contribution >= 4 is 21.6 Å². The van der Waals surface area contributed by atoms with Crippen molar-refractivity contribution in [1.29, 1.82) is 0 Å². The summed E-state index contributed by atoms with van der Waals surface area (Å²) < 4.78 is 27.3. The van der Waals surface area contributed by atoms with Crippen LogP contribution in [0.1, 0.15) is 56.9 Å². The molecule has 0 unspecified atom stereocenters. The van der Waals surface area contributed by atoms with E-state index in [1.54, 1.807) is 22.5 Å². The summed E-state index contributed by atoms with van der Waals surface area (Å²) in [6.07, 6.45) is 8.16. The fourth-order valence-electron chi connectivity index (χ4n) is 3.75.